The minimum absolute atomic E-state index is 0.175. The van der Waals surface area contributed by atoms with Crippen LogP contribution in [0, 0.1) is 6.92 Å². The van der Waals surface area contributed by atoms with E-state index in [-0.39, 0.29) is 11.9 Å². The number of H-pyrrole nitrogens is 1. The second-order valence-corrected chi connectivity index (χ2v) is 6.47. The van der Waals surface area contributed by atoms with Gasteiger partial charge in [0.25, 0.3) is 0 Å². The molecule has 3 aromatic rings. The molecule has 1 unspecified atom stereocenters. The monoisotopic (exact) mass is 338 g/mol. The molecule has 24 heavy (non-hydrogen) atoms. The van der Waals surface area contributed by atoms with Crippen LogP contribution in [0.25, 0.3) is 17.3 Å². The van der Waals surface area contributed by atoms with Crippen molar-refractivity contribution in [1.82, 2.24) is 20.3 Å². The summed E-state index contributed by atoms with van der Waals surface area (Å²) in [5, 5.41) is 5.79. The average Bonchev–Trinajstić information content (AvgIpc) is 3.23. The third kappa shape index (κ3) is 3.97. The normalized spacial score (nSPS) is 12.4. The van der Waals surface area contributed by atoms with Gasteiger partial charge in [-0.25, -0.2) is 9.97 Å². The Morgan fingerprint density at radius 2 is 2.12 bits per heavy atom. The number of imidazole rings is 1. The van der Waals surface area contributed by atoms with Crippen LogP contribution in [0.1, 0.15) is 29.5 Å². The Morgan fingerprint density at radius 3 is 2.83 bits per heavy atom. The zero-order chi connectivity index (χ0) is 16.9. The maximum absolute atomic E-state index is 12.0. The molecule has 2 aromatic heterocycles. The molecule has 0 saturated heterocycles. The van der Waals surface area contributed by atoms with Gasteiger partial charge in [0.05, 0.1) is 28.6 Å². The van der Waals surface area contributed by atoms with Crippen molar-refractivity contribution in [3.05, 3.63) is 64.5 Å². The fourth-order valence-electron chi connectivity index (χ4n) is 2.27. The molecule has 0 aliphatic heterocycles. The molecule has 0 bridgehead atoms. The van der Waals surface area contributed by atoms with Gasteiger partial charge >= 0.3 is 0 Å². The van der Waals surface area contributed by atoms with Crippen molar-refractivity contribution in [2.75, 3.05) is 0 Å². The zero-order valence-electron chi connectivity index (χ0n) is 13.5. The Hall–Kier alpha value is -2.73. The molecular formula is C18H18N4OS. The summed E-state index contributed by atoms with van der Waals surface area (Å²) in [6.45, 7) is 3.83. The second kappa shape index (κ2) is 7.23. The van der Waals surface area contributed by atoms with Gasteiger partial charge in [-0.2, -0.15) is 0 Å². The van der Waals surface area contributed by atoms with Crippen molar-refractivity contribution in [2.45, 2.75) is 19.9 Å². The highest BCUT2D eigenvalue weighted by molar-refractivity contribution is 7.09. The third-order valence-electron chi connectivity index (χ3n) is 3.49. The van der Waals surface area contributed by atoms with Crippen LogP contribution >= 0.6 is 11.3 Å². The van der Waals surface area contributed by atoms with E-state index in [1.54, 1.807) is 23.6 Å². The largest absolute Gasteiger partial charge is 0.343 e. The fraction of sp³-hybridized carbons (Fsp3) is 0.167. The van der Waals surface area contributed by atoms with Crippen molar-refractivity contribution in [2.24, 2.45) is 0 Å². The molecule has 122 valence electrons. The first kappa shape index (κ1) is 16.1. The van der Waals surface area contributed by atoms with Crippen LogP contribution in [-0.4, -0.2) is 20.9 Å². The van der Waals surface area contributed by atoms with Crippen molar-refractivity contribution in [3.8, 4) is 11.3 Å². The number of nitrogens with zero attached hydrogens (tertiary/aromatic N) is 2. The Balaban J connectivity index is 1.62. The van der Waals surface area contributed by atoms with Crippen LogP contribution in [0.15, 0.2) is 48.0 Å². The topological polar surface area (TPSA) is 70.7 Å². The van der Waals surface area contributed by atoms with E-state index >= 15 is 0 Å². The standard InChI is InChI=1S/C18H18N4OS/c1-12(20-17(23)9-8-15-11-24-13(2)21-15)18-19-10-16(22-18)14-6-4-3-5-7-14/h3-12H,1-2H3,(H,19,22)(H,20,23)/b9-8+. The summed E-state index contributed by atoms with van der Waals surface area (Å²) in [5.74, 6) is 0.547. The van der Waals surface area contributed by atoms with E-state index in [1.165, 1.54) is 6.08 Å². The summed E-state index contributed by atoms with van der Waals surface area (Å²) in [4.78, 5) is 23.9. The molecule has 2 N–H and O–H groups in total. The minimum Gasteiger partial charge on any atom is -0.343 e. The van der Waals surface area contributed by atoms with Crippen LogP contribution in [0.2, 0.25) is 0 Å². The molecule has 0 spiro atoms. The van der Waals surface area contributed by atoms with E-state index in [0.717, 1.165) is 27.8 Å². The van der Waals surface area contributed by atoms with Crippen LogP contribution in [0.4, 0.5) is 0 Å². The Bertz CT molecular complexity index is 851. The number of hydrogen-bond acceptors (Lipinski definition) is 4. The van der Waals surface area contributed by atoms with Gasteiger partial charge in [0.1, 0.15) is 5.82 Å². The smallest absolute Gasteiger partial charge is 0.244 e. The highest BCUT2D eigenvalue weighted by Gasteiger charge is 2.12. The van der Waals surface area contributed by atoms with Crippen LogP contribution in [0.5, 0.6) is 0 Å². The number of nitrogens with one attached hydrogen (secondary N) is 2. The minimum atomic E-state index is -0.211. The van der Waals surface area contributed by atoms with Crippen LogP contribution in [0.3, 0.4) is 0 Å². The van der Waals surface area contributed by atoms with E-state index < -0.39 is 0 Å². The quantitative estimate of drug-likeness (QED) is 0.696. The van der Waals surface area contributed by atoms with E-state index in [9.17, 15) is 4.79 Å². The van der Waals surface area contributed by atoms with Gasteiger partial charge in [-0.05, 0) is 25.5 Å². The molecule has 0 aliphatic carbocycles. The van der Waals surface area contributed by atoms with Crippen LogP contribution < -0.4 is 5.32 Å². The van der Waals surface area contributed by atoms with E-state index in [1.807, 2.05) is 49.6 Å². The number of amides is 1. The summed E-state index contributed by atoms with van der Waals surface area (Å²) in [6.07, 6.45) is 4.98. The Labute approximate surface area is 144 Å². The number of rotatable bonds is 5. The van der Waals surface area contributed by atoms with Gasteiger partial charge < -0.3 is 10.3 Å². The highest BCUT2D eigenvalue weighted by Crippen LogP contribution is 2.18. The Kier molecular flexibility index (Phi) is 4.86. The lowest BCUT2D eigenvalue weighted by Crippen LogP contribution is -2.25. The first-order valence-corrected chi connectivity index (χ1v) is 8.51. The number of thiazole rings is 1. The fourth-order valence-corrected chi connectivity index (χ4v) is 2.85. The number of aryl methyl sites for hydroxylation is 1. The molecule has 3 rings (SSSR count). The van der Waals surface area contributed by atoms with Crippen LogP contribution in [-0.2, 0) is 4.79 Å². The molecule has 0 saturated carbocycles. The van der Waals surface area contributed by atoms with E-state index in [2.05, 4.69) is 20.3 Å². The molecule has 0 radical (unpaired) electrons. The first-order valence-electron chi connectivity index (χ1n) is 7.63. The van der Waals surface area contributed by atoms with Crippen molar-refractivity contribution < 1.29 is 4.79 Å². The molecule has 0 fully saturated rings. The zero-order valence-corrected chi connectivity index (χ0v) is 14.3. The maximum Gasteiger partial charge on any atom is 0.244 e. The van der Waals surface area contributed by atoms with Gasteiger partial charge in [0.2, 0.25) is 5.91 Å². The highest BCUT2D eigenvalue weighted by atomic mass is 32.1. The van der Waals surface area contributed by atoms with Gasteiger partial charge in [-0.15, -0.1) is 11.3 Å². The molecular weight excluding hydrogens is 320 g/mol. The lowest BCUT2D eigenvalue weighted by atomic mass is 10.2. The second-order valence-electron chi connectivity index (χ2n) is 5.40. The molecule has 1 atom stereocenters. The molecule has 2 heterocycles. The third-order valence-corrected chi connectivity index (χ3v) is 4.28. The molecule has 1 amide bonds. The number of carbonyl (C=O) groups is 1. The number of benzene rings is 1. The number of carbonyl (C=O) groups excluding carboxylic acids is 1. The number of hydrogen-bond donors (Lipinski definition) is 2. The van der Waals surface area contributed by atoms with Gasteiger partial charge in [0.15, 0.2) is 0 Å². The summed E-state index contributed by atoms with van der Waals surface area (Å²) in [5.41, 5.74) is 2.79. The number of aromatic amines is 1. The van der Waals surface area contributed by atoms with E-state index in [4.69, 9.17) is 0 Å². The molecule has 5 nitrogen and oxygen atoms in total. The predicted molar refractivity (Wildman–Crippen MR) is 96.5 cm³/mol. The lowest BCUT2D eigenvalue weighted by molar-refractivity contribution is -0.117. The van der Waals surface area contributed by atoms with Crippen molar-refractivity contribution in [1.29, 1.82) is 0 Å². The maximum atomic E-state index is 12.0. The lowest BCUT2D eigenvalue weighted by Gasteiger charge is -2.09. The summed E-state index contributed by atoms with van der Waals surface area (Å²) in [6, 6.07) is 9.74. The van der Waals surface area contributed by atoms with Gasteiger partial charge in [-0.1, -0.05) is 30.3 Å². The summed E-state index contributed by atoms with van der Waals surface area (Å²) < 4.78 is 0. The van der Waals surface area contributed by atoms with Gasteiger partial charge in [0, 0.05) is 11.5 Å². The van der Waals surface area contributed by atoms with E-state index in [0.29, 0.717) is 0 Å². The molecule has 0 aliphatic rings. The number of aromatic nitrogens is 3. The average molecular weight is 338 g/mol. The SMILES string of the molecule is Cc1nc(/C=C/C(=O)NC(C)c2ncc(-c3ccccc3)[nH]2)cs1. The molecule has 6 heteroatoms. The first-order chi connectivity index (χ1) is 11.6. The Morgan fingerprint density at radius 1 is 1.33 bits per heavy atom. The summed E-state index contributed by atoms with van der Waals surface area (Å²) >= 11 is 1.56. The predicted octanol–water partition coefficient (Wildman–Crippen LogP) is 3.73. The molecule has 1 aromatic carbocycles. The van der Waals surface area contributed by atoms with Crippen molar-refractivity contribution in [3.63, 3.8) is 0 Å². The van der Waals surface area contributed by atoms with Gasteiger partial charge in [-0.3, -0.25) is 4.79 Å². The summed E-state index contributed by atoms with van der Waals surface area (Å²) in [7, 11) is 0. The van der Waals surface area contributed by atoms with Crippen molar-refractivity contribution >= 4 is 23.3 Å².